The molecule has 3 aromatic rings. The molecule has 1 N–H and O–H groups in total. The van der Waals surface area contributed by atoms with Gasteiger partial charge in [0.25, 0.3) is 0 Å². The number of hydrogen-bond donors (Lipinski definition) is 0. The standard InChI is InChI=1S/C16H13N2O3S.Li/c1-11-15(12-7-9-14(10-8-12)22(17,19)20)16(18-21-11)13-5-3-2-4-6-13;/h2-10H,1H3,(H-,17,19,20);/q-1;+1. The molecule has 0 atom stereocenters. The van der Waals surface area contributed by atoms with Crippen LogP contribution in [-0.4, -0.2) is 13.6 Å². The van der Waals surface area contributed by atoms with E-state index in [1.165, 1.54) is 12.1 Å². The van der Waals surface area contributed by atoms with Crippen molar-refractivity contribution in [3.8, 4) is 22.4 Å². The molecule has 0 bridgehead atoms. The molecule has 0 fully saturated rings. The van der Waals surface area contributed by atoms with Crippen molar-refractivity contribution in [3.63, 3.8) is 0 Å². The molecule has 2 aromatic carbocycles. The Labute approximate surface area is 146 Å². The first-order chi connectivity index (χ1) is 10.5. The summed E-state index contributed by atoms with van der Waals surface area (Å²) < 4.78 is 27.7. The van der Waals surface area contributed by atoms with Crippen LogP contribution in [0.1, 0.15) is 5.76 Å². The van der Waals surface area contributed by atoms with Crippen LogP contribution in [0.25, 0.3) is 27.5 Å². The topological polar surface area (TPSA) is 84.0 Å². The number of nitrogens with zero attached hydrogens (tertiary/aromatic N) is 1. The van der Waals surface area contributed by atoms with Gasteiger partial charge in [0.1, 0.15) is 11.5 Å². The third-order valence-electron chi connectivity index (χ3n) is 3.36. The molecule has 1 aromatic heterocycles. The Morgan fingerprint density at radius 1 is 0.957 bits per heavy atom. The van der Waals surface area contributed by atoms with Crippen LogP contribution in [0.3, 0.4) is 0 Å². The van der Waals surface area contributed by atoms with Crippen molar-refractivity contribution in [1.82, 2.24) is 5.16 Å². The summed E-state index contributed by atoms with van der Waals surface area (Å²) in [6.45, 7) is 1.81. The van der Waals surface area contributed by atoms with E-state index in [9.17, 15) is 8.42 Å². The van der Waals surface area contributed by atoms with Crippen molar-refractivity contribution >= 4 is 10.0 Å². The van der Waals surface area contributed by atoms with Gasteiger partial charge in [-0.25, -0.2) is 8.42 Å². The smallest absolute Gasteiger partial charge is 0.560 e. The van der Waals surface area contributed by atoms with Crippen molar-refractivity contribution in [3.05, 3.63) is 65.5 Å². The van der Waals surface area contributed by atoms with Gasteiger partial charge in [-0.1, -0.05) is 47.6 Å². The number of sulfonamides is 1. The zero-order chi connectivity index (χ0) is 15.7. The average Bonchev–Trinajstić information content (AvgIpc) is 2.89. The summed E-state index contributed by atoms with van der Waals surface area (Å²) in [5, 5.41) is 11.2. The molecule has 23 heavy (non-hydrogen) atoms. The molecule has 7 heteroatoms. The van der Waals surface area contributed by atoms with Crippen LogP contribution in [0.2, 0.25) is 0 Å². The van der Waals surface area contributed by atoms with Crippen LogP contribution in [-0.2, 0) is 10.0 Å². The van der Waals surface area contributed by atoms with Gasteiger partial charge in [-0.2, -0.15) is 0 Å². The van der Waals surface area contributed by atoms with Gasteiger partial charge in [-0.05, 0) is 24.6 Å². The van der Waals surface area contributed by atoms with E-state index in [0.717, 1.165) is 16.7 Å². The average molecular weight is 320 g/mol. The Kier molecular flexibility index (Phi) is 5.12. The minimum Gasteiger partial charge on any atom is -0.560 e. The van der Waals surface area contributed by atoms with E-state index in [4.69, 9.17) is 9.66 Å². The Bertz CT molecular complexity index is 904. The normalized spacial score (nSPS) is 11.0. The van der Waals surface area contributed by atoms with E-state index in [1.807, 2.05) is 37.3 Å². The number of hydrogen-bond acceptors (Lipinski definition) is 4. The van der Waals surface area contributed by atoms with Crippen LogP contribution in [0.4, 0.5) is 0 Å². The number of rotatable bonds is 3. The van der Waals surface area contributed by atoms with Crippen LogP contribution >= 0.6 is 0 Å². The first-order valence-corrected chi connectivity index (χ1v) is 8.07. The molecule has 0 amide bonds. The van der Waals surface area contributed by atoms with Crippen molar-refractivity contribution in [2.75, 3.05) is 0 Å². The molecule has 0 aliphatic carbocycles. The van der Waals surface area contributed by atoms with Gasteiger partial charge >= 0.3 is 18.9 Å². The number of aryl methyl sites for hydroxylation is 1. The van der Waals surface area contributed by atoms with E-state index in [0.29, 0.717) is 11.5 Å². The Hall–Kier alpha value is -1.84. The maximum Gasteiger partial charge on any atom is 1.00 e. The summed E-state index contributed by atoms with van der Waals surface area (Å²) in [4.78, 5) is -0.0355. The molecule has 0 aliphatic heterocycles. The van der Waals surface area contributed by atoms with Crippen LogP contribution in [0.5, 0.6) is 0 Å². The quantitative estimate of drug-likeness (QED) is 0.676. The van der Waals surface area contributed by atoms with Crippen LogP contribution in [0.15, 0.2) is 64.0 Å². The fraction of sp³-hybridized carbons (Fsp3) is 0.0625. The summed E-state index contributed by atoms with van der Waals surface area (Å²) in [6, 6.07) is 15.8. The van der Waals surface area contributed by atoms with Gasteiger partial charge in [-0.3, -0.25) is 0 Å². The second-order valence-corrected chi connectivity index (χ2v) is 6.33. The van der Waals surface area contributed by atoms with E-state index >= 15 is 0 Å². The predicted molar refractivity (Wildman–Crippen MR) is 83.6 cm³/mol. The van der Waals surface area contributed by atoms with Crippen molar-refractivity contribution < 1.29 is 31.8 Å². The van der Waals surface area contributed by atoms with Gasteiger partial charge in [0.2, 0.25) is 0 Å². The second-order valence-electron chi connectivity index (χ2n) is 4.86. The molecular formula is C16H13LiN2O3S. The zero-order valence-electron chi connectivity index (χ0n) is 12.8. The van der Waals surface area contributed by atoms with Crippen molar-refractivity contribution in [2.45, 2.75) is 11.8 Å². The first kappa shape index (κ1) is 17.5. The molecule has 0 saturated heterocycles. The Morgan fingerprint density at radius 2 is 1.57 bits per heavy atom. The van der Waals surface area contributed by atoms with E-state index in [-0.39, 0.29) is 23.8 Å². The number of benzene rings is 2. The molecule has 112 valence electrons. The molecule has 0 spiro atoms. The molecule has 0 saturated carbocycles. The third-order valence-corrected chi connectivity index (χ3v) is 4.26. The number of aromatic nitrogens is 1. The monoisotopic (exact) mass is 320 g/mol. The fourth-order valence-electron chi connectivity index (χ4n) is 2.31. The zero-order valence-corrected chi connectivity index (χ0v) is 13.6. The minimum atomic E-state index is -3.95. The van der Waals surface area contributed by atoms with Gasteiger partial charge in [0, 0.05) is 10.5 Å². The molecule has 0 aliphatic rings. The summed E-state index contributed by atoms with van der Waals surface area (Å²) in [6.07, 6.45) is 0. The summed E-state index contributed by atoms with van der Waals surface area (Å²) in [5.74, 6) is 0.653. The number of nitrogens with one attached hydrogen (secondary N) is 1. The maximum atomic E-state index is 11.2. The molecule has 5 nitrogen and oxygen atoms in total. The fourth-order valence-corrected chi connectivity index (χ4v) is 2.80. The van der Waals surface area contributed by atoms with Gasteiger partial charge in [0.05, 0.1) is 15.6 Å². The van der Waals surface area contributed by atoms with Gasteiger partial charge in [0.15, 0.2) is 0 Å². The van der Waals surface area contributed by atoms with Gasteiger partial charge in [-0.15, -0.1) is 0 Å². The maximum absolute atomic E-state index is 11.2. The SMILES string of the molecule is Cc1onc(-c2ccccc2)c1-c1ccc(S([NH-])(=O)=O)cc1.[Li+]. The second kappa shape index (κ2) is 6.73. The van der Waals surface area contributed by atoms with E-state index < -0.39 is 10.0 Å². The Morgan fingerprint density at radius 3 is 2.13 bits per heavy atom. The molecule has 3 rings (SSSR count). The molecule has 0 radical (unpaired) electrons. The molecule has 1 heterocycles. The summed E-state index contributed by atoms with van der Waals surface area (Å²) in [5.41, 5.74) is 3.25. The minimum absolute atomic E-state index is 0. The largest absolute Gasteiger partial charge is 1.00 e. The van der Waals surface area contributed by atoms with E-state index in [2.05, 4.69) is 5.16 Å². The first-order valence-electron chi connectivity index (χ1n) is 6.58. The summed E-state index contributed by atoms with van der Waals surface area (Å²) >= 11 is 0. The molecular weight excluding hydrogens is 307 g/mol. The van der Waals surface area contributed by atoms with Crippen LogP contribution in [0, 0.1) is 6.92 Å². The van der Waals surface area contributed by atoms with Gasteiger partial charge < -0.3 is 9.66 Å². The van der Waals surface area contributed by atoms with Crippen molar-refractivity contribution in [2.24, 2.45) is 0 Å². The Balaban J connectivity index is 0.00000192. The molecule has 0 unspecified atom stereocenters. The van der Waals surface area contributed by atoms with Crippen molar-refractivity contribution in [1.29, 1.82) is 0 Å². The van der Waals surface area contributed by atoms with Crippen LogP contribution < -0.4 is 18.9 Å². The third kappa shape index (κ3) is 3.57. The predicted octanol–water partition coefficient (Wildman–Crippen LogP) is 1.06. The summed E-state index contributed by atoms with van der Waals surface area (Å²) in [7, 11) is -3.95. The van der Waals surface area contributed by atoms with E-state index in [1.54, 1.807) is 12.1 Å².